The van der Waals surface area contributed by atoms with Crippen molar-refractivity contribution in [3.05, 3.63) is 23.3 Å². The minimum Gasteiger partial charge on any atom is -0.326 e. The molecule has 0 atom stereocenters. The summed E-state index contributed by atoms with van der Waals surface area (Å²) in [6.07, 6.45) is 0. The molecule has 1 aromatic carbocycles. The van der Waals surface area contributed by atoms with Crippen LogP contribution in [0.1, 0.15) is 18.1 Å². The zero-order chi connectivity index (χ0) is 12.5. The molecule has 0 aliphatic heterocycles. The summed E-state index contributed by atoms with van der Waals surface area (Å²) in [4.78, 5) is 11.0. The van der Waals surface area contributed by atoms with Gasteiger partial charge in [-0.25, -0.2) is 13.6 Å². The van der Waals surface area contributed by atoms with Gasteiger partial charge in [0.1, 0.15) is 0 Å². The highest BCUT2D eigenvalue weighted by Gasteiger charge is 2.15. The van der Waals surface area contributed by atoms with Crippen molar-refractivity contribution in [3.8, 4) is 0 Å². The number of aryl methyl sites for hydroxylation is 2. The van der Waals surface area contributed by atoms with Gasteiger partial charge in [-0.2, -0.15) is 0 Å². The van der Waals surface area contributed by atoms with Crippen molar-refractivity contribution in [2.75, 3.05) is 5.32 Å². The number of carbonyl (C=O) groups is 1. The first kappa shape index (κ1) is 12.7. The quantitative estimate of drug-likeness (QED) is 0.807. The zero-order valence-electron chi connectivity index (χ0n) is 9.37. The molecule has 88 valence electrons. The van der Waals surface area contributed by atoms with Crippen molar-refractivity contribution in [1.82, 2.24) is 0 Å². The van der Waals surface area contributed by atoms with Crippen LogP contribution in [0, 0.1) is 13.8 Å². The van der Waals surface area contributed by atoms with E-state index >= 15 is 0 Å². The molecule has 0 saturated heterocycles. The second-order valence-electron chi connectivity index (χ2n) is 3.67. The van der Waals surface area contributed by atoms with E-state index in [4.69, 9.17) is 5.14 Å². The maximum absolute atomic E-state index is 11.3. The van der Waals surface area contributed by atoms with Crippen LogP contribution in [0.4, 0.5) is 5.69 Å². The molecule has 16 heavy (non-hydrogen) atoms. The molecule has 0 heterocycles. The van der Waals surface area contributed by atoms with Crippen LogP contribution in [0.2, 0.25) is 0 Å². The Balaban J connectivity index is 3.34. The second-order valence-corrected chi connectivity index (χ2v) is 5.16. The Kier molecular flexibility index (Phi) is 3.35. The minimum absolute atomic E-state index is 0.113. The van der Waals surface area contributed by atoms with Crippen molar-refractivity contribution in [2.45, 2.75) is 25.7 Å². The molecule has 0 aliphatic rings. The number of amides is 1. The lowest BCUT2D eigenvalue weighted by Gasteiger charge is -2.10. The number of hydrogen-bond donors (Lipinski definition) is 2. The molecule has 0 saturated carbocycles. The Hall–Kier alpha value is -1.40. The Labute approximate surface area is 94.7 Å². The van der Waals surface area contributed by atoms with Gasteiger partial charge in [0, 0.05) is 12.6 Å². The van der Waals surface area contributed by atoms with Crippen molar-refractivity contribution in [3.63, 3.8) is 0 Å². The highest BCUT2D eigenvalue weighted by atomic mass is 32.2. The van der Waals surface area contributed by atoms with Crippen LogP contribution in [0.25, 0.3) is 0 Å². The summed E-state index contributed by atoms with van der Waals surface area (Å²) in [6.45, 7) is 4.66. The molecular formula is C10H14N2O3S. The smallest absolute Gasteiger partial charge is 0.238 e. The Morgan fingerprint density at radius 1 is 1.25 bits per heavy atom. The van der Waals surface area contributed by atoms with Gasteiger partial charge >= 0.3 is 0 Å². The van der Waals surface area contributed by atoms with Gasteiger partial charge in [0.2, 0.25) is 15.9 Å². The predicted molar refractivity (Wildman–Crippen MR) is 61.6 cm³/mol. The fourth-order valence-corrected chi connectivity index (χ4v) is 2.69. The van der Waals surface area contributed by atoms with Crippen LogP contribution in [0.3, 0.4) is 0 Å². The van der Waals surface area contributed by atoms with E-state index in [1.807, 2.05) is 0 Å². The summed E-state index contributed by atoms with van der Waals surface area (Å²) in [6, 6.07) is 3.16. The van der Waals surface area contributed by atoms with E-state index in [2.05, 4.69) is 5.32 Å². The highest BCUT2D eigenvalue weighted by Crippen LogP contribution is 2.23. The van der Waals surface area contributed by atoms with Gasteiger partial charge < -0.3 is 5.32 Å². The molecule has 1 rings (SSSR count). The number of primary sulfonamides is 1. The first-order valence-electron chi connectivity index (χ1n) is 4.63. The lowest BCUT2D eigenvalue weighted by Crippen LogP contribution is -2.16. The van der Waals surface area contributed by atoms with Crippen molar-refractivity contribution in [2.24, 2.45) is 5.14 Å². The summed E-state index contributed by atoms with van der Waals surface area (Å²) in [7, 11) is -3.72. The van der Waals surface area contributed by atoms with E-state index in [0.29, 0.717) is 16.8 Å². The van der Waals surface area contributed by atoms with Crippen molar-refractivity contribution in [1.29, 1.82) is 0 Å². The second kappa shape index (κ2) is 4.23. The highest BCUT2D eigenvalue weighted by molar-refractivity contribution is 7.89. The number of carbonyl (C=O) groups excluding carboxylic acids is 1. The predicted octanol–water partition coefficient (Wildman–Crippen LogP) is 0.909. The Morgan fingerprint density at radius 3 is 2.00 bits per heavy atom. The third kappa shape index (κ3) is 2.80. The summed E-state index contributed by atoms with van der Waals surface area (Å²) in [5.41, 5.74) is 1.60. The molecular weight excluding hydrogens is 228 g/mol. The number of sulfonamides is 1. The number of hydrogen-bond acceptors (Lipinski definition) is 3. The molecule has 0 radical (unpaired) electrons. The van der Waals surface area contributed by atoms with Gasteiger partial charge in [0.15, 0.2) is 0 Å². The van der Waals surface area contributed by atoms with E-state index in [-0.39, 0.29) is 10.8 Å². The lowest BCUT2D eigenvalue weighted by molar-refractivity contribution is -0.114. The van der Waals surface area contributed by atoms with E-state index in [1.54, 1.807) is 26.0 Å². The molecule has 0 fully saturated rings. The van der Waals surface area contributed by atoms with Crippen molar-refractivity contribution >= 4 is 21.6 Å². The van der Waals surface area contributed by atoms with Crippen LogP contribution in [-0.4, -0.2) is 14.3 Å². The number of benzene rings is 1. The Bertz CT molecular complexity index is 512. The van der Waals surface area contributed by atoms with Gasteiger partial charge in [-0.1, -0.05) is 0 Å². The summed E-state index contributed by atoms with van der Waals surface area (Å²) >= 11 is 0. The van der Waals surface area contributed by atoms with E-state index < -0.39 is 10.0 Å². The van der Waals surface area contributed by atoms with E-state index in [9.17, 15) is 13.2 Å². The normalized spacial score (nSPS) is 11.2. The molecule has 0 spiro atoms. The number of anilines is 1. The van der Waals surface area contributed by atoms with Crippen LogP contribution < -0.4 is 10.5 Å². The largest absolute Gasteiger partial charge is 0.326 e. The molecule has 0 bridgehead atoms. The Morgan fingerprint density at radius 2 is 1.69 bits per heavy atom. The van der Waals surface area contributed by atoms with Crippen LogP contribution in [0.15, 0.2) is 17.0 Å². The third-order valence-corrected chi connectivity index (χ3v) is 3.28. The first-order chi connectivity index (χ1) is 7.21. The summed E-state index contributed by atoms with van der Waals surface area (Å²) < 4.78 is 22.6. The SMILES string of the molecule is CC(=O)Nc1cc(C)c(S(N)(=O)=O)c(C)c1. The van der Waals surface area contributed by atoms with Gasteiger partial charge in [-0.3, -0.25) is 4.79 Å². The molecule has 0 unspecified atom stereocenters. The molecule has 5 nitrogen and oxygen atoms in total. The van der Waals surface area contributed by atoms with Crippen LogP contribution >= 0.6 is 0 Å². The lowest BCUT2D eigenvalue weighted by atomic mass is 10.1. The molecule has 6 heteroatoms. The number of rotatable bonds is 2. The molecule has 0 aromatic heterocycles. The fourth-order valence-electron chi connectivity index (χ4n) is 1.67. The maximum Gasteiger partial charge on any atom is 0.238 e. The average Bonchev–Trinajstić information content (AvgIpc) is 1.96. The van der Waals surface area contributed by atoms with E-state index in [1.165, 1.54) is 6.92 Å². The molecule has 0 aliphatic carbocycles. The average molecular weight is 242 g/mol. The molecule has 1 aromatic rings. The van der Waals surface area contributed by atoms with Crippen LogP contribution in [0.5, 0.6) is 0 Å². The summed E-state index contributed by atoms with van der Waals surface area (Å²) in [5, 5.41) is 7.69. The van der Waals surface area contributed by atoms with Gasteiger partial charge in [-0.05, 0) is 37.1 Å². The molecule has 1 amide bonds. The van der Waals surface area contributed by atoms with Gasteiger partial charge in [0.25, 0.3) is 0 Å². The maximum atomic E-state index is 11.3. The monoisotopic (exact) mass is 242 g/mol. The number of nitrogens with one attached hydrogen (secondary N) is 1. The molecule has 3 N–H and O–H groups in total. The standard InChI is InChI=1S/C10H14N2O3S/c1-6-4-9(12-8(3)13)5-7(2)10(6)16(11,14)15/h4-5H,1-3H3,(H,12,13)(H2,11,14,15). The zero-order valence-corrected chi connectivity index (χ0v) is 10.2. The van der Waals surface area contributed by atoms with E-state index in [0.717, 1.165) is 0 Å². The van der Waals surface area contributed by atoms with Crippen LogP contribution in [-0.2, 0) is 14.8 Å². The third-order valence-electron chi connectivity index (χ3n) is 2.07. The minimum atomic E-state index is -3.72. The number of nitrogens with two attached hydrogens (primary N) is 1. The van der Waals surface area contributed by atoms with Crippen molar-refractivity contribution < 1.29 is 13.2 Å². The first-order valence-corrected chi connectivity index (χ1v) is 6.18. The van der Waals surface area contributed by atoms with Gasteiger partial charge in [-0.15, -0.1) is 0 Å². The fraction of sp³-hybridized carbons (Fsp3) is 0.300. The summed E-state index contributed by atoms with van der Waals surface area (Å²) in [5.74, 6) is -0.206. The topological polar surface area (TPSA) is 89.3 Å². The van der Waals surface area contributed by atoms with Gasteiger partial charge in [0.05, 0.1) is 4.90 Å².